The van der Waals surface area contributed by atoms with Crippen LogP contribution in [0.3, 0.4) is 0 Å². The van der Waals surface area contributed by atoms with E-state index in [0.29, 0.717) is 19.3 Å². The normalized spacial score (nSPS) is 12.4. The fourth-order valence-electron chi connectivity index (χ4n) is 7.61. The summed E-state index contributed by atoms with van der Waals surface area (Å²) in [4.78, 5) is 38.0. The Kier molecular flexibility index (Phi) is 48.8. The van der Waals surface area contributed by atoms with Gasteiger partial charge in [0, 0.05) is 19.3 Å². The smallest absolute Gasteiger partial charge is 0.306 e. The van der Waals surface area contributed by atoms with Crippen molar-refractivity contribution in [1.29, 1.82) is 0 Å². The van der Waals surface area contributed by atoms with Crippen molar-refractivity contribution < 1.29 is 28.6 Å². The lowest BCUT2D eigenvalue weighted by molar-refractivity contribution is -0.167. The molecule has 0 saturated carbocycles. The van der Waals surface area contributed by atoms with Crippen LogP contribution in [0.5, 0.6) is 0 Å². The number of carbonyl (C=O) groups excluding carboxylic acids is 3. The van der Waals surface area contributed by atoms with E-state index in [1.807, 2.05) is 0 Å². The minimum atomic E-state index is -0.785. The van der Waals surface area contributed by atoms with Crippen LogP contribution in [0.4, 0.5) is 0 Å². The number of rotatable bonds is 48. The number of ether oxygens (including phenoxy) is 3. The van der Waals surface area contributed by atoms with Gasteiger partial charge < -0.3 is 14.2 Å². The topological polar surface area (TPSA) is 78.9 Å². The molecule has 0 fully saturated rings. The second-order valence-electron chi connectivity index (χ2n) is 17.8. The van der Waals surface area contributed by atoms with Crippen LogP contribution < -0.4 is 0 Å². The van der Waals surface area contributed by atoms with Gasteiger partial charge in [-0.05, 0) is 57.8 Å². The van der Waals surface area contributed by atoms with Gasteiger partial charge in [-0.25, -0.2) is 0 Å². The molecule has 6 heteroatoms. The summed E-state index contributed by atoms with van der Waals surface area (Å²) in [5.41, 5.74) is 0. The molecule has 0 radical (unpaired) electrons. The molecule has 1 unspecified atom stereocenters. The van der Waals surface area contributed by atoms with Crippen molar-refractivity contribution >= 4 is 17.9 Å². The van der Waals surface area contributed by atoms with Gasteiger partial charge in [0.25, 0.3) is 0 Å². The predicted molar refractivity (Wildman–Crippen MR) is 265 cm³/mol. The second-order valence-corrected chi connectivity index (χ2v) is 17.8. The second kappa shape index (κ2) is 51.0. The quantitative estimate of drug-likeness (QED) is 0.0262. The minimum absolute atomic E-state index is 0.0823. The third-order valence-corrected chi connectivity index (χ3v) is 11.6. The summed E-state index contributed by atoms with van der Waals surface area (Å²) in [5, 5.41) is 0. The van der Waals surface area contributed by atoms with Crippen molar-refractivity contribution in [1.82, 2.24) is 0 Å². The molecule has 0 saturated heterocycles. The van der Waals surface area contributed by atoms with Crippen LogP contribution in [-0.2, 0) is 28.6 Å². The average Bonchev–Trinajstić information content (AvgIpc) is 3.27. The van der Waals surface area contributed by atoms with Crippen LogP contribution in [0.1, 0.15) is 271 Å². The average molecular weight is 869 g/mol. The molecular weight excluding hydrogens is 769 g/mol. The summed E-state index contributed by atoms with van der Waals surface area (Å²) >= 11 is 0. The first kappa shape index (κ1) is 59.4. The monoisotopic (exact) mass is 869 g/mol. The third kappa shape index (κ3) is 48.4. The van der Waals surface area contributed by atoms with Gasteiger partial charge in [0.1, 0.15) is 13.2 Å². The summed E-state index contributed by atoms with van der Waals surface area (Å²) in [6.07, 6.45) is 61.0. The van der Waals surface area contributed by atoms with Gasteiger partial charge in [-0.1, -0.05) is 243 Å². The lowest BCUT2D eigenvalue weighted by Crippen LogP contribution is -2.30. The zero-order valence-corrected chi connectivity index (χ0v) is 41.1. The molecule has 0 aliphatic rings. The Morgan fingerprint density at radius 2 is 0.629 bits per heavy atom. The Labute approximate surface area is 384 Å². The molecular formula is C56H100O6. The number of esters is 3. The van der Waals surface area contributed by atoms with Gasteiger partial charge in [-0.2, -0.15) is 0 Å². The lowest BCUT2D eigenvalue weighted by Gasteiger charge is -2.18. The summed E-state index contributed by atoms with van der Waals surface area (Å²) in [7, 11) is 0. The van der Waals surface area contributed by atoms with E-state index in [9.17, 15) is 14.4 Å². The largest absolute Gasteiger partial charge is 0.462 e. The zero-order chi connectivity index (χ0) is 45.1. The van der Waals surface area contributed by atoms with E-state index in [2.05, 4.69) is 69.4 Å². The van der Waals surface area contributed by atoms with Crippen LogP contribution in [-0.4, -0.2) is 37.2 Å². The maximum Gasteiger partial charge on any atom is 0.306 e. The first-order valence-corrected chi connectivity index (χ1v) is 26.6. The first-order chi connectivity index (χ1) is 30.5. The summed E-state index contributed by atoms with van der Waals surface area (Å²) in [5.74, 6) is -0.903. The summed E-state index contributed by atoms with van der Waals surface area (Å²) in [6, 6.07) is 0. The van der Waals surface area contributed by atoms with E-state index in [4.69, 9.17) is 14.2 Å². The molecule has 0 aromatic carbocycles. The minimum Gasteiger partial charge on any atom is -0.462 e. The molecule has 6 nitrogen and oxygen atoms in total. The fraction of sp³-hybridized carbons (Fsp3) is 0.804. The summed E-state index contributed by atoms with van der Waals surface area (Å²) < 4.78 is 16.8. The van der Waals surface area contributed by atoms with Crippen LogP contribution in [0.2, 0.25) is 0 Å². The predicted octanol–water partition coefficient (Wildman–Crippen LogP) is 17.5. The van der Waals surface area contributed by atoms with Crippen molar-refractivity contribution in [2.45, 2.75) is 277 Å². The van der Waals surface area contributed by atoms with Crippen molar-refractivity contribution in [3.05, 3.63) is 48.6 Å². The molecule has 360 valence electrons. The van der Waals surface area contributed by atoms with E-state index in [1.165, 1.54) is 141 Å². The number of hydrogen-bond donors (Lipinski definition) is 0. The van der Waals surface area contributed by atoms with Gasteiger partial charge in [0.2, 0.25) is 0 Å². The first-order valence-electron chi connectivity index (χ1n) is 26.6. The molecule has 0 heterocycles. The van der Waals surface area contributed by atoms with Crippen molar-refractivity contribution in [2.24, 2.45) is 0 Å². The molecule has 0 spiro atoms. The molecule has 0 rings (SSSR count). The van der Waals surface area contributed by atoms with E-state index in [0.717, 1.165) is 89.9 Å². The van der Waals surface area contributed by atoms with Gasteiger partial charge in [0.05, 0.1) is 0 Å². The maximum absolute atomic E-state index is 12.8. The van der Waals surface area contributed by atoms with Crippen molar-refractivity contribution in [2.75, 3.05) is 13.2 Å². The van der Waals surface area contributed by atoms with Crippen LogP contribution >= 0.6 is 0 Å². The van der Waals surface area contributed by atoms with Gasteiger partial charge >= 0.3 is 17.9 Å². The van der Waals surface area contributed by atoms with Crippen LogP contribution in [0, 0.1) is 0 Å². The van der Waals surface area contributed by atoms with Gasteiger partial charge in [-0.15, -0.1) is 0 Å². The maximum atomic E-state index is 12.8. The third-order valence-electron chi connectivity index (χ3n) is 11.6. The standard InChI is InChI=1S/C56H100O6/c1-4-7-10-13-16-19-22-24-26-28-30-31-34-37-40-43-46-49-55(58)61-52-53(51-60-54(57)48-45-42-39-36-33-21-18-15-12-9-6-3)62-56(59)50-47-44-41-38-35-32-29-27-25-23-20-17-14-11-8-5-2/h8,11,17,20,25,27,32,35,53H,4-7,9-10,12-16,18-19,21-24,26,28-31,33-34,36-52H2,1-3H3/b11-8-,20-17-,27-25-,35-32-. The Morgan fingerprint density at radius 3 is 0.984 bits per heavy atom. The van der Waals surface area contributed by atoms with E-state index in [-0.39, 0.29) is 31.1 Å². The highest BCUT2D eigenvalue weighted by molar-refractivity contribution is 5.71. The van der Waals surface area contributed by atoms with E-state index in [1.54, 1.807) is 0 Å². The van der Waals surface area contributed by atoms with Crippen LogP contribution in [0.25, 0.3) is 0 Å². The van der Waals surface area contributed by atoms with E-state index >= 15 is 0 Å². The molecule has 62 heavy (non-hydrogen) atoms. The highest BCUT2D eigenvalue weighted by atomic mass is 16.6. The summed E-state index contributed by atoms with van der Waals surface area (Å²) in [6.45, 7) is 6.52. The molecule has 0 aromatic rings. The van der Waals surface area contributed by atoms with Gasteiger partial charge in [-0.3, -0.25) is 14.4 Å². The fourth-order valence-corrected chi connectivity index (χ4v) is 7.61. The highest BCUT2D eigenvalue weighted by Gasteiger charge is 2.19. The van der Waals surface area contributed by atoms with Crippen molar-refractivity contribution in [3.8, 4) is 0 Å². The molecule has 0 amide bonds. The molecule has 0 aliphatic carbocycles. The SMILES string of the molecule is CC/C=C\C/C=C\C/C=C\C/C=C\CCCCCC(=O)OC(COC(=O)CCCCCCCCCCCCC)COC(=O)CCCCCCCCCCCCCCCCCCC. The van der Waals surface area contributed by atoms with Crippen molar-refractivity contribution in [3.63, 3.8) is 0 Å². The Hall–Kier alpha value is -2.63. The molecule has 0 aliphatic heterocycles. The van der Waals surface area contributed by atoms with E-state index < -0.39 is 6.10 Å². The number of carbonyl (C=O) groups is 3. The van der Waals surface area contributed by atoms with Gasteiger partial charge in [0.15, 0.2) is 6.10 Å². The number of hydrogen-bond acceptors (Lipinski definition) is 6. The molecule has 0 N–H and O–H groups in total. The Balaban J connectivity index is 4.37. The zero-order valence-electron chi connectivity index (χ0n) is 41.1. The molecule has 0 aromatic heterocycles. The lowest BCUT2D eigenvalue weighted by atomic mass is 10.0. The highest BCUT2D eigenvalue weighted by Crippen LogP contribution is 2.16. The van der Waals surface area contributed by atoms with Crippen LogP contribution in [0.15, 0.2) is 48.6 Å². The number of unbranched alkanes of at least 4 members (excludes halogenated alkanes) is 29. The Bertz CT molecular complexity index is 1090. The molecule has 0 bridgehead atoms. The number of allylic oxidation sites excluding steroid dienone is 8. The Morgan fingerprint density at radius 1 is 0.339 bits per heavy atom. The molecule has 1 atom stereocenters.